The first-order valence-corrected chi connectivity index (χ1v) is 6.63. The Morgan fingerprint density at radius 2 is 2.00 bits per heavy atom. The van der Waals surface area contributed by atoms with Gasteiger partial charge < -0.3 is 4.90 Å². The zero-order valence-corrected chi connectivity index (χ0v) is 10.9. The molecule has 7 heteroatoms. The standard InChI is InChI=1S/C13H15N5O2/c14-16-15-11-6-8-17(9-7-11)13(19)18-12(20-18)10-4-2-1-3-5-10/h1-5,11-12H,6-9H2. The van der Waals surface area contributed by atoms with Crippen LogP contribution in [-0.2, 0) is 4.84 Å². The molecule has 1 atom stereocenters. The van der Waals surface area contributed by atoms with Crippen LogP contribution in [0.1, 0.15) is 24.6 Å². The summed E-state index contributed by atoms with van der Waals surface area (Å²) in [6.45, 7) is 1.20. The fourth-order valence-corrected chi connectivity index (χ4v) is 2.42. The van der Waals surface area contributed by atoms with E-state index in [4.69, 9.17) is 10.4 Å². The maximum atomic E-state index is 12.2. The summed E-state index contributed by atoms with van der Waals surface area (Å²) in [5.41, 5.74) is 9.38. The van der Waals surface area contributed by atoms with Gasteiger partial charge in [-0.15, -0.1) is 0 Å². The smallest absolute Gasteiger partial charge is 0.323 e. The minimum atomic E-state index is -0.265. The Hall–Kier alpha value is -2.24. The normalized spacial score (nSPS) is 22.3. The second-order valence-corrected chi connectivity index (χ2v) is 4.90. The highest BCUT2D eigenvalue weighted by molar-refractivity contribution is 5.75. The second kappa shape index (κ2) is 5.40. The summed E-state index contributed by atoms with van der Waals surface area (Å²) in [5.74, 6) is 0. The number of piperidine rings is 1. The molecule has 0 N–H and O–H groups in total. The molecule has 2 amide bonds. The number of carbonyl (C=O) groups excluding carboxylic acids is 1. The zero-order chi connectivity index (χ0) is 13.9. The molecule has 2 aliphatic rings. The Bertz CT molecular complexity index is 535. The van der Waals surface area contributed by atoms with Crippen molar-refractivity contribution >= 4 is 6.03 Å². The maximum absolute atomic E-state index is 12.2. The van der Waals surface area contributed by atoms with Gasteiger partial charge >= 0.3 is 6.03 Å². The first kappa shape index (κ1) is 12.8. The van der Waals surface area contributed by atoms with Gasteiger partial charge in [-0.2, -0.15) is 5.06 Å². The molecule has 2 heterocycles. The highest BCUT2D eigenvalue weighted by Gasteiger charge is 2.45. The minimum Gasteiger partial charge on any atom is -0.323 e. The fourth-order valence-electron chi connectivity index (χ4n) is 2.42. The molecule has 1 unspecified atom stereocenters. The number of azide groups is 1. The summed E-state index contributed by atoms with van der Waals surface area (Å²) >= 11 is 0. The molecule has 3 rings (SSSR count). The number of amides is 2. The van der Waals surface area contributed by atoms with Crippen LogP contribution in [0.15, 0.2) is 35.4 Å². The fraction of sp³-hybridized carbons (Fsp3) is 0.462. The summed E-state index contributed by atoms with van der Waals surface area (Å²) < 4.78 is 0. The second-order valence-electron chi connectivity index (χ2n) is 4.90. The van der Waals surface area contributed by atoms with Crippen LogP contribution in [0, 0.1) is 0 Å². The maximum Gasteiger partial charge on any atom is 0.346 e. The first-order chi connectivity index (χ1) is 9.79. The van der Waals surface area contributed by atoms with Crippen molar-refractivity contribution in [2.45, 2.75) is 25.1 Å². The summed E-state index contributed by atoms with van der Waals surface area (Å²) in [6.07, 6.45) is 1.15. The lowest BCUT2D eigenvalue weighted by molar-refractivity contribution is 0.127. The third-order valence-corrected chi connectivity index (χ3v) is 3.60. The molecule has 2 aliphatic heterocycles. The van der Waals surface area contributed by atoms with Gasteiger partial charge in [0, 0.05) is 29.6 Å². The summed E-state index contributed by atoms with van der Waals surface area (Å²) in [7, 11) is 0. The Balaban J connectivity index is 1.55. The van der Waals surface area contributed by atoms with Crippen molar-refractivity contribution in [2.24, 2.45) is 5.11 Å². The predicted octanol–water partition coefficient (Wildman–Crippen LogP) is 2.83. The lowest BCUT2D eigenvalue weighted by Gasteiger charge is -2.29. The summed E-state index contributed by atoms with van der Waals surface area (Å²) in [4.78, 5) is 22.1. The van der Waals surface area contributed by atoms with Gasteiger partial charge in [-0.05, 0) is 18.4 Å². The van der Waals surface area contributed by atoms with E-state index in [9.17, 15) is 4.79 Å². The molecule has 1 aromatic rings. The monoisotopic (exact) mass is 273 g/mol. The lowest BCUT2D eigenvalue weighted by atomic mass is 10.1. The van der Waals surface area contributed by atoms with Crippen molar-refractivity contribution in [3.63, 3.8) is 0 Å². The van der Waals surface area contributed by atoms with E-state index in [1.807, 2.05) is 30.3 Å². The van der Waals surface area contributed by atoms with E-state index < -0.39 is 0 Å². The number of hydrogen-bond donors (Lipinski definition) is 0. The number of hydroxylamine groups is 2. The molecular weight excluding hydrogens is 258 g/mol. The van der Waals surface area contributed by atoms with Crippen LogP contribution in [0.25, 0.3) is 10.4 Å². The predicted molar refractivity (Wildman–Crippen MR) is 71.2 cm³/mol. The SMILES string of the molecule is [N-]=[N+]=NC1CCN(C(=O)N2OC2c2ccccc2)CC1. The third kappa shape index (κ3) is 2.54. The van der Waals surface area contributed by atoms with Crippen molar-refractivity contribution < 1.29 is 9.63 Å². The Kier molecular flexibility index (Phi) is 3.45. The minimum absolute atomic E-state index is 0.00379. The number of benzene rings is 1. The van der Waals surface area contributed by atoms with E-state index >= 15 is 0 Å². The van der Waals surface area contributed by atoms with Crippen LogP contribution in [-0.4, -0.2) is 35.1 Å². The van der Waals surface area contributed by atoms with Gasteiger partial charge in [-0.25, -0.2) is 9.63 Å². The molecular formula is C13H15N5O2. The van der Waals surface area contributed by atoms with Gasteiger partial charge in [0.25, 0.3) is 0 Å². The molecule has 0 radical (unpaired) electrons. The van der Waals surface area contributed by atoms with Gasteiger partial charge in [-0.1, -0.05) is 35.4 Å². The quantitative estimate of drug-likeness (QED) is 0.359. The van der Waals surface area contributed by atoms with Crippen molar-refractivity contribution in [3.05, 3.63) is 46.3 Å². The van der Waals surface area contributed by atoms with Gasteiger partial charge in [-0.3, -0.25) is 0 Å². The number of rotatable bonds is 2. The number of hydrogen-bond acceptors (Lipinski definition) is 3. The first-order valence-electron chi connectivity index (χ1n) is 6.63. The Morgan fingerprint density at radius 1 is 1.30 bits per heavy atom. The van der Waals surface area contributed by atoms with Crippen molar-refractivity contribution in [2.75, 3.05) is 13.1 Å². The molecule has 1 aromatic carbocycles. The summed E-state index contributed by atoms with van der Waals surface area (Å²) in [6, 6.07) is 9.54. The molecule has 0 bridgehead atoms. The third-order valence-electron chi connectivity index (χ3n) is 3.60. The molecule has 20 heavy (non-hydrogen) atoms. The molecule has 7 nitrogen and oxygen atoms in total. The topological polar surface area (TPSA) is 84.6 Å². The van der Waals surface area contributed by atoms with Crippen LogP contribution in [0.5, 0.6) is 0 Å². The number of nitrogens with zero attached hydrogens (tertiary/aromatic N) is 5. The van der Waals surface area contributed by atoms with E-state index in [0.29, 0.717) is 25.9 Å². The molecule has 2 saturated heterocycles. The van der Waals surface area contributed by atoms with E-state index in [-0.39, 0.29) is 18.3 Å². The number of carbonyl (C=O) groups is 1. The number of urea groups is 1. The van der Waals surface area contributed by atoms with Crippen molar-refractivity contribution in [3.8, 4) is 0 Å². The molecule has 0 aliphatic carbocycles. The molecule has 104 valence electrons. The van der Waals surface area contributed by atoms with Gasteiger partial charge in [0.15, 0.2) is 0 Å². The van der Waals surface area contributed by atoms with Crippen molar-refractivity contribution in [1.29, 1.82) is 0 Å². The van der Waals surface area contributed by atoms with Crippen LogP contribution in [0.2, 0.25) is 0 Å². The van der Waals surface area contributed by atoms with Gasteiger partial charge in [0.1, 0.15) is 0 Å². The average Bonchev–Trinajstić information content (AvgIpc) is 3.29. The molecule has 0 spiro atoms. The average molecular weight is 273 g/mol. The highest BCUT2D eigenvalue weighted by atomic mass is 16.8. The lowest BCUT2D eigenvalue weighted by Crippen LogP contribution is -2.41. The van der Waals surface area contributed by atoms with Crippen LogP contribution >= 0.6 is 0 Å². The number of likely N-dealkylation sites (tertiary alicyclic amines) is 1. The molecule has 2 fully saturated rings. The largest absolute Gasteiger partial charge is 0.346 e. The van der Waals surface area contributed by atoms with Crippen LogP contribution in [0.3, 0.4) is 0 Å². The Labute approximate surface area is 116 Å². The molecule has 0 saturated carbocycles. The van der Waals surface area contributed by atoms with Crippen LogP contribution < -0.4 is 0 Å². The summed E-state index contributed by atoms with van der Waals surface area (Å²) in [5, 5.41) is 5.09. The Morgan fingerprint density at radius 3 is 2.65 bits per heavy atom. The van der Waals surface area contributed by atoms with Crippen molar-refractivity contribution in [1.82, 2.24) is 9.96 Å². The van der Waals surface area contributed by atoms with Gasteiger partial charge in [0.05, 0.1) is 0 Å². The van der Waals surface area contributed by atoms with Crippen LogP contribution in [0.4, 0.5) is 4.79 Å². The zero-order valence-electron chi connectivity index (χ0n) is 10.9. The van der Waals surface area contributed by atoms with E-state index in [0.717, 1.165) is 5.56 Å². The highest BCUT2D eigenvalue weighted by Crippen LogP contribution is 2.38. The van der Waals surface area contributed by atoms with E-state index in [1.54, 1.807) is 4.90 Å². The van der Waals surface area contributed by atoms with Gasteiger partial charge in [0.2, 0.25) is 6.23 Å². The molecule has 0 aromatic heterocycles. The van der Waals surface area contributed by atoms with E-state index in [2.05, 4.69) is 10.0 Å². The van der Waals surface area contributed by atoms with E-state index in [1.165, 1.54) is 5.06 Å².